The van der Waals surface area contributed by atoms with E-state index in [2.05, 4.69) is 4.98 Å². The van der Waals surface area contributed by atoms with E-state index in [1.165, 1.54) is 0 Å². The number of halogens is 2. The Morgan fingerprint density at radius 3 is 2.64 bits per heavy atom. The minimum atomic E-state index is -0.188. The number of hydrogen-bond acceptors (Lipinski definition) is 4. The van der Waals surface area contributed by atoms with E-state index in [4.69, 9.17) is 32.7 Å². The molecule has 25 heavy (non-hydrogen) atoms. The lowest BCUT2D eigenvalue weighted by Crippen LogP contribution is -2.31. The van der Waals surface area contributed by atoms with Crippen molar-refractivity contribution < 1.29 is 14.3 Å². The van der Waals surface area contributed by atoms with E-state index in [-0.39, 0.29) is 12.5 Å². The fourth-order valence-corrected chi connectivity index (χ4v) is 2.85. The Morgan fingerprint density at radius 2 is 2.00 bits per heavy atom. The van der Waals surface area contributed by atoms with Crippen molar-refractivity contribution in [2.45, 2.75) is 20.4 Å². The van der Waals surface area contributed by atoms with Crippen LogP contribution in [0.2, 0.25) is 10.0 Å². The number of aromatic nitrogens is 1. The van der Waals surface area contributed by atoms with Crippen molar-refractivity contribution in [1.82, 2.24) is 9.88 Å². The van der Waals surface area contributed by atoms with Crippen LogP contribution >= 0.6 is 23.2 Å². The van der Waals surface area contributed by atoms with E-state index in [9.17, 15) is 4.79 Å². The van der Waals surface area contributed by atoms with Crippen LogP contribution in [-0.2, 0) is 11.3 Å². The average Bonchev–Trinajstić information content (AvgIpc) is 2.56. The average molecular weight is 383 g/mol. The van der Waals surface area contributed by atoms with Gasteiger partial charge in [0.05, 0.1) is 24.4 Å². The largest absolute Gasteiger partial charge is 0.496 e. The molecule has 1 amide bonds. The van der Waals surface area contributed by atoms with Crippen LogP contribution in [0, 0.1) is 13.8 Å². The molecule has 2 aromatic rings. The fraction of sp³-hybridized carbons (Fsp3) is 0.333. The van der Waals surface area contributed by atoms with Crippen LogP contribution in [0.1, 0.15) is 16.8 Å². The van der Waals surface area contributed by atoms with Gasteiger partial charge in [-0.05, 0) is 32.0 Å². The monoisotopic (exact) mass is 382 g/mol. The quantitative estimate of drug-likeness (QED) is 0.755. The second-order valence-electron chi connectivity index (χ2n) is 5.66. The summed E-state index contributed by atoms with van der Waals surface area (Å²) < 4.78 is 10.9. The van der Waals surface area contributed by atoms with Gasteiger partial charge in [-0.2, -0.15) is 0 Å². The molecule has 134 valence electrons. The van der Waals surface area contributed by atoms with Crippen molar-refractivity contribution in [2.24, 2.45) is 0 Å². The fourth-order valence-electron chi connectivity index (χ4n) is 2.39. The van der Waals surface area contributed by atoms with Gasteiger partial charge in [0, 0.05) is 29.4 Å². The number of benzene rings is 1. The molecule has 0 atom stereocenters. The van der Waals surface area contributed by atoms with Gasteiger partial charge in [-0.3, -0.25) is 9.78 Å². The van der Waals surface area contributed by atoms with Crippen LogP contribution in [0.15, 0.2) is 24.4 Å². The van der Waals surface area contributed by atoms with Crippen LogP contribution in [0.25, 0.3) is 0 Å². The number of ether oxygens (including phenoxy) is 2. The first-order chi connectivity index (χ1) is 11.8. The molecular weight excluding hydrogens is 363 g/mol. The zero-order valence-electron chi connectivity index (χ0n) is 14.6. The maximum absolute atomic E-state index is 12.3. The minimum Gasteiger partial charge on any atom is -0.496 e. The number of amides is 1. The topological polar surface area (TPSA) is 51.7 Å². The molecule has 0 unspecified atom stereocenters. The van der Waals surface area contributed by atoms with Gasteiger partial charge in [-0.1, -0.05) is 23.2 Å². The third kappa shape index (κ3) is 4.77. The molecule has 0 aliphatic rings. The summed E-state index contributed by atoms with van der Waals surface area (Å²) in [6.07, 6.45) is 1.74. The number of rotatable bonds is 6. The summed E-state index contributed by atoms with van der Waals surface area (Å²) in [5.74, 6) is 1.01. The zero-order valence-corrected chi connectivity index (χ0v) is 16.1. The smallest absolute Gasteiger partial charge is 0.260 e. The summed E-state index contributed by atoms with van der Waals surface area (Å²) in [5.41, 5.74) is 2.66. The highest BCUT2D eigenvalue weighted by molar-refractivity contribution is 6.35. The molecule has 1 aromatic carbocycles. The molecule has 5 nitrogen and oxygen atoms in total. The molecule has 7 heteroatoms. The summed E-state index contributed by atoms with van der Waals surface area (Å²) in [5, 5.41) is 0.874. The number of methoxy groups -OCH3 is 1. The third-order valence-corrected chi connectivity index (χ3v) is 4.34. The van der Waals surface area contributed by atoms with E-state index in [1.807, 2.05) is 13.8 Å². The van der Waals surface area contributed by atoms with Gasteiger partial charge in [0.15, 0.2) is 6.61 Å². The number of aryl methyl sites for hydroxylation is 1. The molecule has 1 aromatic heterocycles. The van der Waals surface area contributed by atoms with Crippen LogP contribution in [-0.4, -0.2) is 36.6 Å². The number of likely N-dealkylation sites (N-methyl/N-ethyl adjacent to an activating group) is 1. The number of hydrogen-bond donors (Lipinski definition) is 0. The molecule has 0 bridgehead atoms. The summed E-state index contributed by atoms with van der Waals surface area (Å²) >= 11 is 11.9. The highest BCUT2D eigenvalue weighted by atomic mass is 35.5. The van der Waals surface area contributed by atoms with Gasteiger partial charge in [0.1, 0.15) is 11.5 Å². The Labute approximate surface area is 157 Å². The van der Waals surface area contributed by atoms with Crippen LogP contribution in [0.4, 0.5) is 0 Å². The Hall–Kier alpha value is -1.98. The number of carbonyl (C=O) groups is 1. The lowest BCUT2D eigenvalue weighted by Gasteiger charge is -2.19. The second-order valence-corrected chi connectivity index (χ2v) is 6.50. The van der Waals surface area contributed by atoms with Gasteiger partial charge < -0.3 is 14.4 Å². The Kier molecular flexibility index (Phi) is 6.51. The maximum atomic E-state index is 12.3. The molecular formula is C18H20Cl2N2O3. The zero-order chi connectivity index (χ0) is 18.6. The predicted molar refractivity (Wildman–Crippen MR) is 98.7 cm³/mol. The molecule has 0 aliphatic carbocycles. The lowest BCUT2D eigenvalue weighted by atomic mass is 10.1. The van der Waals surface area contributed by atoms with Crippen molar-refractivity contribution in [1.29, 1.82) is 0 Å². The van der Waals surface area contributed by atoms with E-state index < -0.39 is 0 Å². The second kappa shape index (κ2) is 8.41. The van der Waals surface area contributed by atoms with Gasteiger partial charge in [-0.15, -0.1) is 0 Å². The minimum absolute atomic E-state index is 0.125. The number of pyridine rings is 1. The Bertz CT molecular complexity index is 781. The summed E-state index contributed by atoms with van der Waals surface area (Å²) in [4.78, 5) is 18.3. The van der Waals surface area contributed by atoms with Gasteiger partial charge in [0.25, 0.3) is 5.91 Å². The third-order valence-electron chi connectivity index (χ3n) is 3.81. The molecule has 0 spiro atoms. The van der Waals surface area contributed by atoms with Gasteiger partial charge in [0.2, 0.25) is 0 Å². The van der Waals surface area contributed by atoms with Crippen LogP contribution < -0.4 is 9.47 Å². The molecule has 2 rings (SSSR count). The Balaban J connectivity index is 2.01. The Morgan fingerprint density at radius 1 is 1.28 bits per heavy atom. The van der Waals surface area contributed by atoms with E-state index in [1.54, 1.807) is 43.5 Å². The molecule has 0 saturated carbocycles. The molecule has 1 heterocycles. The molecule has 0 radical (unpaired) electrons. The van der Waals surface area contributed by atoms with Crippen molar-refractivity contribution in [3.63, 3.8) is 0 Å². The summed E-state index contributed by atoms with van der Waals surface area (Å²) in [7, 11) is 3.32. The summed E-state index contributed by atoms with van der Waals surface area (Å²) in [6, 6.07) is 4.86. The number of nitrogens with zero attached hydrogens (tertiary/aromatic N) is 2. The summed E-state index contributed by atoms with van der Waals surface area (Å²) in [6.45, 7) is 4.09. The highest BCUT2D eigenvalue weighted by Crippen LogP contribution is 2.27. The number of carbonyl (C=O) groups excluding carboxylic acids is 1. The van der Waals surface area contributed by atoms with Crippen LogP contribution in [0.5, 0.6) is 11.5 Å². The SMILES string of the molecule is COc1c(C)cnc(CN(C)C(=O)COc2ccc(Cl)cc2Cl)c1C. The van der Waals surface area contributed by atoms with E-state index in [0.29, 0.717) is 22.3 Å². The van der Waals surface area contributed by atoms with Gasteiger partial charge in [-0.25, -0.2) is 0 Å². The van der Waals surface area contributed by atoms with E-state index >= 15 is 0 Å². The predicted octanol–water partition coefficient (Wildman–Crippen LogP) is 4.05. The normalized spacial score (nSPS) is 10.5. The van der Waals surface area contributed by atoms with Crippen molar-refractivity contribution in [3.05, 3.63) is 51.3 Å². The van der Waals surface area contributed by atoms with Gasteiger partial charge >= 0.3 is 0 Å². The maximum Gasteiger partial charge on any atom is 0.260 e. The van der Waals surface area contributed by atoms with Crippen molar-refractivity contribution in [3.8, 4) is 11.5 Å². The first-order valence-corrected chi connectivity index (χ1v) is 8.40. The highest BCUT2D eigenvalue weighted by Gasteiger charge is 2.16. The van der Waals surface area contributed by atoms with E-state index in [0.717, 1.165) is 22.6 Å². The lowest BCUT2D eigenvalue weighted by molar-refractivity contribution is -0.132. The first kappa shape index (κ1) is 19.3. The van der Waals surface area contributed by atoms with Crippen LogP contribution in [0.3, 0.4) is 0 Å². The van der Waals surface area contributed by atoms with Crippen molar-refractivity contribution in [2.75, 3.05) is 20.8 Å². The molecule has 0 aliphatic heterocycles. The molecule has 0 fully saturated rings. The molecule has 0 N–H and O–H groups in total. The standard InChI is InChI=1S/C18H20Cl2N2O3/c1-11-8-21-15(12(2)18(11)24-4)9-22(3)17(23)10-25-16-6-5-13(19)7-14(16)20/h5-8H,9-10H2,1-4H3. The first-order valence-electron chi connectivity index (χ1n) is 7.64. The molecule has 0 saturated heterocycles. The van der Waals surface area contributed by atoms with Crippen molar-refractivity contribution >= 4 is 29.1 Å².